The molecule has 158 valence electrons. The van der Waals surface area contributed by atoms with Crippen molar-refractivity contribution in [3.8, 4) is 0 Å². The van der Waals surface area contributed by atoms with E-state index in [1.807, 2.05) is 13.0 Å². The molecule has 29 heavy (non-hydrogen) atoms. The Balaban J connectivity index is 1.98. The van der Waals surface area contributed by atoms with Crippen molar-refractivity contribution < 1.29 is 13.2 Å². The van der Waals surface area contributed by atoms with Crippen LogP contribution in [-0.2, 0) is 14.8 Å². The van der Waals surface area contributed by atoms with Crippen LogP contribution in [-0.4, -0.2) is 27.1 Å². The van der Waals surface area contributed by atoms with E-state index in [0.717, 1.165) is 18.2 Å². The third-order valence-corrected chi connectivity index (χ3v) is 6.37. The number of aryl methyl sites for hydroxylation is 2. The molecule has 0 spiro atoms. The third-order valence-electron chi connectivity index (χ3n) is 4.94. The number of carbonyl (C=O) groups is 1. The Labute approximate surface area is 179 Å². The van der Waals surface area contributed by atoms with Crippen LogP contribution >= 0.6 is 11.6 Å². The molecule has 0 aliphatic carbocycles. The number of benzene rings is 2. The first-order valence-corrected chi connectivity index (χ1v) is 11.9. The Bertz CT molecular complexity index is 960. The number of nitrogens with zero attached hydrogens (tertiary/aromatic N) is 1. The summed E-state index contributed by atoms with van der Waals surface area (Å²) in [6.07, 6.45) is 2.59. The van der Waals surface area contributed by atoms with Gasteiger partial charge in [0.2, 0.25) is 15.9 Å². The van der Waals surface area contributed by atoms with Gasteiger partial charge in [-0.05, 0) is 61.6 Å². The van der Waals surface area contributed by atoms with Crippen LogP contribution < -0.4 is 9.62 Å². The number of anilines is 1. The van der Waals surface area contributed by atoms with Crippen LogP contribution in [0.4, 0.5) is 5.69 Å². The van der Waals surface area contributed by atoms with Crippen LogP contribution in [0.2, 0.25) is 5.02 Å². The summed E-state index contributed by atoms with van der Waals surface area (Å²) < 4.78 is 25.6. The van der Waals surface area contributed by atoms with Gasteiger partial charge >= 0.3 is 0 Å². The van der Waals surface area contributed by atoms with Gasteiger partial charge in [0.1, 0.15) is 0 Å². The van der Waals surface area contributed by atoms with Gasteiger partial charge in [0.15, 0.2) is 0 Å². The van der Waals surface area contributed by atoms with E-state index in [9.17, 15) is 13.2 Å². The van der Waals surface area contributed by atoms with E-state index in [1.165, 1.54) is 15.4 Å². The fourth-order valence-corrected chi connectivity index (χ4v) is 4.31. The third kappa shape index (κ3) is 6.75. The molecule has 0 unspecified atom stereocenters. The lowest BCUT2D eigenvalue weighted by molar-refractivity contribution is -0.121. The number of carbonyl (C=O) groups excluding carboxylic acids is 1. The normalized spacial score (nSPS) is 12.4. The summed E-state index contributed by atoms with van der Waals surface area (Å²) in [6.45, 7) is 6.37. The molecule has 0 fully saturated rings. The smallest absolute Gasteiger partial charge is 0.232 e. The molecule has 0 aliphatic rings. The van der Waals surface area contributed by atoms with E-state index in [-0.39, 0.29) is 24.9 Å². The molecule has 0 aromatic heterocycles. The summed E-state index contributed by atoms with van der Waals surface area (Å²) in [5.74, 6) is -0.0883. The van der Waals surface area contributed by atoms with Crippen molar-refractivity contribution in [2.75, 3.05) is 17.1 Å². The summed E-state index contributed by atoms with van der Waals surface area (Å²) in [7, 11) is -3.47. The highest BCUT2D eigenvalue weighted by atomic mass is 35.5. The van der Waals surface area contributed by atoms with Crippen LogP contribution in [0.25, 0.3) is 0 Å². The Hall–Kier alpha value is -2.05. The van der Waals surface area contributed by atoms with Crippen LogP contribution in [0, 0.1) is 13.8 Å². The lowest BCUT2D eigenvalue weighted by Crippen LogP contribution is -2.33. The quantitative estimate of drug-likeness (QED) is 0.615. The highest BCUT2D eigenvalue weighted by molar-refractivity contribution is 7.92. The number of halogens is 1. The molecule has 1 N–H and O–H groups in total. The van der Waals surface area contributed by atoms with Gasteiger partial charge in [0, 0.05) is 18.0 Å². The maximum absolute atomic E-state index is 12.5. The second-order valence-electron chi connectivity index (χ2n) is 7.29. The minimum atomic E-state index is -3.47. The Morgan fingerprint density at radius 1 is 1.14 bits per heavy atom. The van der Waals surface area contributed by atoms with E-state index in [0.29, 0.717) is 17.1 Å². The van der Waals surface area contributed by atoms with Crippen molar-refractivity contribution in [1.82, 2.24) is 5.32 Å². The van der Waals surface area contributed by atoms with E-state index < -0.39 is 10.0 Å². The number of rotatable bonds is 9. The van der Waals surface area contributed by atoms with Gasteiger partial charge in [0.05, 0.1) is 18.0 Å². The molecule has 0 aliphatic heterocycles. The average Bonchev–Trinajstić information content (AvgIpc) is 2.64. The van der Waals surface area contributed by atoms with Crippen molar-refractivity contribution >= 4 is 33.2 Å². The fourth-order valence-electron chi connectivity index (χ4n) is 3.17. The summed E-state index contributed by atoms with van der Waals surface area (Å²) in [6, 6.07) is 12.9. The van der Waals surface area contributed by atoms with Crippen molar-refractivity contribution in [2.45, 2.75) is 46.1 Å². The molecule has 0 saturated heterocycles. The Morgan fingerprint density at radius 3 is 2.45 bits per heavy atom. The fraction of sp³-hybridized carbons (Fsp3) is 0.409. The molecular weight excluding hydrogens is 408 g/mol. The predicted octanol–water partition coefficient (Wildman–Crippen LogP) is 4.77. The minimum absolute atomic E-state index is 0.0549. The molecular formula is C22H29ClN2O3S. The van der Waals surface area contributed by atoms with Crippen molar-refractivity contribution in [3.63, 3.8) is 0 Å². The second kappa shape index (κ2) is 10.1. The summed E-state index contributed by atoms with van der Waals surface area (Å²) in [4.78, 5) is 12.5. The van der Waals surface area contributed by atoms with Crippen molar-refractivity contribution in [1.29, 1.82) is 0 Å². The van der Waals surface area contributed by atoms with Gasteiger partial charge in [-0.25, -0.2) is 8.42 Å². The molecule has 2 rings (SSSR count). The van der Waals surface area contributed by atoms with Gasteiger partial charge in [0.25, 0.3) is 0 Å². The molecule has 1 atom stereocenters. The standard InChI is InChI=1S/C22H29ClN2O3S/c1-5-21(18-12-11-16(2)17(3)14-18)24-22(26)10-7-13-25(29(4,27)28)20-9-6-8-19(23)15-20/h6,8-9,11-12,14-15,21H,5,7,10,13H2,1-4H3,(H,24,26)/t21-/m1/s1. The van der Waals surface area contributed by atoms with Gasteiger partial charge < -0.3 is 5.32 Å². The van der Waals surface area contributed by atoms with Crippen molar-refractivity contribution in [2.24, 2.45) is 0 Å². The Kier molecular flexibility index (Phi) is 8.11. The van der Waals surface area contributed by atoms with E-state index in [1.54, 1.807) is 24.3 Å². The maximum atomic E-state index is 12.5. The van der Waals surface area contributed by atoms with Gasteiger partial charge in [-0.15, -0.1) is 0 Å². The highest BCUT2D eigenvalue weighted by Gasteiger charge is 2.19. The minimum Gasteiger partial charge on any atom is -0.349 e. The first-order chi connectivity index (χ1) is 13.6. The lowest BCUT2D eigenvalue weighted by Gasteiger charge is -2.23. The Morgan fingerprint density at radius 2 is 1.86 bits per heavy atom. The van der Waals surface area contributed by atoms with E-state index >= 15 is 0 Å². The summed E-state index contributed by atoms with van der Waals surface area (Å²) in [5, 5.41) is 3.53. The molecule has 2 aromatic carbocycles. The number of hydrogen-bond acceptors (Lipinski definition) is 3. The van der Waals surface area contributed by atoms with Crippen LogP contribution in [0.3, 0.4) is 0 Å². The van der Waals surface area contributed by atoms with E-state index in [4.69, 9.17) is 11.6 Å². The van der Waals surface area contributed by atoms with Crippen LogP contribution in [0.1, 0.15) is 48.9 Å². The van der Waals surface area contributed by atoms with Gasteiger partial charge in [-0.3, -0.25) is 9.10 Å². The zero-order valence-electron chi connectivity index (χ0n) is 17.4. The maximum Gasteiger partial charge on any atom is 0.232 e. The molecule has 0 bridgehead atoms. The molecule has 2 aromatic rings. The lowest BCUT2D eigenvalue weighted by atomic mass is 9.99. The second-order valence-corrected chi connectivity index (χ2v) is 9.63. The molecule has 1 amide bonds. The van der Waals surface area contributed by atoms with E-state index in [2.05, 4.69) is 31.3 Å². The first-order valence-electron chi connectivity index (χ1n) is 9.71. The highest BCUT2D eigenvalue weighted by Crippen LogP contribution is 2.23. The van der Waals surface area contributed by atoms with Gasteiger partial charge in [-0.2, -0.15) is 0 Å². The van der Waals surface area contributed by atoms with Crippen LogP contribution in [0.15, 0.2) is 42.5 Å². The topological polar surface area (TPSA) is 66.5 Å². The predicted molar refractivity (Wildman–Crippen MR) is 120 cm³/mol. The number of nitrogens with one attached hydrogen (secondary N) is 1. The molecule has 0 saturated carbocycles. The average molecular weight is 437 g/mol. The van der Waals surface area contributed by atoms with Gasteiger partial charge in [-0.1, -0.05) is 42.8 Å². The molecule has 5 nitrogen and oxygen atoms in total. The molecule has 7 heteroatoms. The molecule has 0 heterocycles. The number of amides is 1. The van der Waals surface area contributed by atoms with Crippen molar-refractivity contribution in [3.05, 3.63) is 64.2 Å². The first kappa shape index (κ1) is 23.2. The largest absolute Gasteiger partial charge is 0.349 e. The van der Waals surface area contributed by atoms with Crippen LogP contribution in [0.5, 0.6) is 0 Å². The zero-order chi connectivity index (χ0) is 21.6. The monoisotopic (exact) mass is 436 g/mol. The number of sulfonamides is 1. The summed E-state index contributed by atoms with van der Waals surface area (Å²) >= 11 is 5.99. The summed E-state index contributed by atoms with van der Waals surface area (Å²) in [5.41, 5.74) is 4.00. The SMILES string of the molecule is CC[C@@H](NC(=O)CCCN(c1cccc(Cl)c1)S(C)(=O)=O)c1ccc(C)c(C)c1. The number of hydrogen-bond donors (Lipinski definition) is 1. The zero-order valence-corrected chi connectivity index (χ0v) is 19.0. The molecule has 0 radical (unpaired) electrons.